The molecule has 1 atom stereocenters. The van der Waals surface area contributed by atoms with E-state index in [0.29, 0.717) is 18.7 Å². The molecule has 0 radical (unpaired) electrons. The summed E-state index contributed by atoms with van der Waals surface area (Å²) < 4.78 is 26.1. The lowest BCUT2D eigenvalue weighted by atomic mass is 10.1. The van der Waals surface area contributed by atoms with Crippen molar-refractivity contribution in [1.82, 2.24) is 9.21 Å². The molecule has 1 aromatic rings. The van der Waals surface area contributed by atoms with Gasteiger partial charge in [0.05, 0.1) is 4.90 Å². The zero-order valence-electron chi connectivity index (χ0n) is 13.9. The minimum absolute atomic E-state index is 0.0204. The van der Waals surface area contributed by atoms with E-state index in [2.05, 4.69) is 0 Å². The average molecular weight is 339 g/mol. The second-order valence-electron chi connectivity index (χ2n) is 6.29. The summed E-state index contributed by atoms with van der Waals surface area (Å²) in [4.78, 5) is 14.4. The summed E-state index contributed by atoms with van der Waals surface area (Å²) in [7, 11) is -1.98. The Labute approximate surface area is 138 Å². The fraction of sp³-hybridized carbons (Fsp3) is 0.562. The van der Waals surface area contributed by atoms with Crippen molar-refractivity contribution >= 4 is 15.9 Å². The second kappa shape index (κ2) is 6.98. The standard InChI is InChI=1S/C16H25N3O3S/c1-12(2)18(3)23(21,22)15-8-6-13(7-9-15)16(20)19-10-4-5-14(17)11-19/h6-9,12,14H,4-5,10-11,17H2,1-3H3. The minimum atomic E-state index is -3.53. The summed E-state index contributed by atoms with van der Waals surface area (Å²) >= 11 is 0. The first-order chi connectivity index (χ1) is 10.7. The topological polar surface area (TPSA) is 83.7 Å². The van der Waals surface area contributed by atoms with Gasteiger partial charge in [0.25, 0.3) is 5.91 Å². The summed E-state index contributed by atoms with van der Waals surface area (Å²) in [5.41, 5.74) is 6.40. The minimum Gasteiger partial charge on any atom is -0.337 e. The molecule has 1 amide bonds. The smallest absolute Gasteiger partial charge is 0.253 e. The molecule has 1 aliphatic heterocycles. The number of carbonyl (C=O) groups is 1. The quantitative estimate of drug-likeness (QED) is 0.895. The van der Waals surface area contributed by atoms with Gasteiger partial charge in [-0.1, -0.05) is 0 Å². The number of benzene rings is 1. The maximum absolute atomic E-state index is 12.5. The third-order valence-corrected chi connectivity index (χ3v) is 6.30. The van der Waals surface area contributed by atoms with Crippen molar-refractivity contribution < 1.29 is 13.2 Å². The lowest BCUT2D eigenvalue weighted by Gasteiger charge is -2.30. The highest BCUT2D eigenvalue weighted by atomic mass is 32.2. The van der Waals surface area contributed by atoms with E-state index < -0.39 is 10.0 Å². The summed E-state index contributed by atoms with van der Waals surface area (Å²) in [5, 5.41) is 0. The van der Waals surface area contributed by atoms with Crippen LogP contribution in [0.3, 0.4) is 0 Å². The molecule has 2 rings (SSSR count). The number of hydrogen-bond donors (Lipinski definition) is 1. The van der Waals surface area contributed by atoms with Crippen molar-refractivity contribution in [2.45, 2.75) is 43.7 Å². The van der Waals surface area contributed by atoms with Gasteiger partial charge in [0.1, 0.15) is 0 Å². The van der Waals surface area contributed by atoms with Gasteiger partial charge in [-0.05, 0) is 51.0 Å². The summed E-state index contributed by atoms with van der Waals surface area (Å²) in [6.07, 6.45) is 1.83. The van der Waals surface area contributed by atoms with Crippen LogP contribution in [0.15, 0.2) is 29.2 Å². The van der Waals surface area contributed by atoms with Gasteiger partial charge in [-0.2, -0.15) is 4.31 Å². The van der Waals surface area contributed by atoms with Crippen LogP contribution >= 0.6 is 0 Å². The Hall–Kier alpha value is -1.44. The fourth-order valence-corrected chi connectivity index (χ4v) is 3.96. The highest BCUT2D eigenvalue weighted by Crippen LogP contribution is 2.19. The van der Waals surface area contributed by atoms with Crippen LogP contribution in [0, 0.1) is 0 Å². The molecule has 0 aliphatic carbocycles. The Morgan fingerprint density at radius 3 is 2.43 bits per heavy atom. The largest absolute Gasteiger partial charge is 0.337 e. The number of likely N-dealkylation sites (tertiary alicyclic amines) is 1. The van der Waals surface area contributed by atoms with Gasteiger partial charge in [0.2, 0.25) is 10.0 Å². The molecule has 6 nitrogen and oxygen atoms in total. The number of piperidine rings is 1. The average Bonchev–Trinajstić information content (AvgIpc) is 2.53. The van der Waals surface area contributed by atoms with E-state index in [4.69, 9.17) is 5.73 Å². The van der Waals surface area contributed by atoms with Gasteiger partial charge in [0, 0.05) is 37.8 Å². The predicted molar refractivity (Wildman–Crippen MR) is 89.6 cm³/mol. The van der Waals surface area contributed by atoms with E-state index in [1.54, 1.807) is 24.1 Å². The van der Waals surface area contributed by atoms with E-state index in [1.165, 1.54) is 16.4 Å². The molecule has 0 saturated carbocycles. The van der Waals surface area contributed by atoms with Crippen LogP contribution < -0.4 is 5.73 Å². The summed E-state index contributed by atoms with van der Waals surface area (Å²) in [5.74, 6) is -0.0960. The Morgan fingerprint density at radius 2 is 1.91 bits per heavy atom. The van der Waals surface area contributed by atoms with Crippen molar-refractivity contribution in [3.63, 3.8) is 0 Å². The molecule has 0 bridgehead atoms. The van der Waals surface area contributed by atoms with E-state index >= 15 is 0 Å². The molecule has 1 fully saturated rings. The fourth-order valence-electron chi connectivity index (χ4n) is 2.59. The predicted octanol–water partition coefficient (Wildman–Crippen LogP) is 1.28. The zero-order chi connectivity index (χ0) is 17.2. The molecule has 1 aromatic carbocycles. The molecule has 23 heavy (non-hydrogen) atoms. The van der Waals surface area contributed by atoms with Crippen molar-refractivity contribution in [2.24, 2.45) is 5.73 Å². The van der Waals surface area contributed by atoms with Gasteiger partial charge in [-0.25, -0.2) is 8.42 Å². The first-order valence-corrected chi connectivity index (χ1v) is 9.30. The van der Waals surface area contributed by atoms with Gasteiger partial charge in [0.15, 0.2) is 0 Å². The highest BCUT2D eigenvalue weighted by molar-refractivity contribution is 7.89. The molecule has 128 valence electrons. The molecule has 2 N–H and O–H groups in total. The molecule has 1 heterocycles. The van der Waals surface area contributed by atoms with Crippen LogP contribution in [0.25, 0.3) is 0 Å². The number of hydrogen-bond acceptors (Lipinski definition) is 4. The van der Waals surface area contributed by atoms with Gasteiger partial charge in [-0.15, -0.1) is 0 Å². The normalized spacial score (nSPS) is 19.4. The molecule has 1 unspecified atom stereocenters. The van der Waals surface area contributed by atoms with E-state index in [9.17, 15) is 13.2 Å². The lowest BCUT2D eigenvalue weighted by molar-refractivity contribution is 0.0708. The summed E-state index contributed by atoms with van der Waals surface area (Å²) in [6.45, 7) is 4.88. The molecule has 1 saturated heterocycles. The maximum atomic E-state index is 12.5. The first kappa shape index (κ1) is 17.9. The number of nitrogens with two attached hydrogens (primary N) is 1. The number of carbonyl (C=O) groups excluding carboxylic acids is 1. The van der Waals surface area contributed by atoms with Crippen LogP contribution in [0.2, 0.25) is 0 Å². The third kappa shape index (κ3) is 3.91. The van der Waals surface area contributed by atoms with Crippen LogP contribution in [0.1, 0.15) is 37.0 Å². The van der Waals surface area contributed by atoms with Crippen molar-refractivity contribution in [2.75, 3.05) is 20.1 Å². The molecule has 0 spiro atoms. The Morgan fingerprint density at radius 1 is 1.30 bits per heavy atom. The molecule has 1 aliphatic rings. The first-order valence-electron chi connectivity index (χ1n) is 7.86. The van der Waals surface area contributed by atoms with Crippen molar-refractivity contribution in [3.05, 3.63) is 29.8 Å². The van der Waals surface area contributed by atoms with Gasteiger partial charge in [-0.3, -0.25) is 4.79 Å². The number of sulfonamides is 1. The van der Waals surface area contributed by atoms with E-state index in [1.807, 2.05) is 13.8 Å². The number of amides is 1. The SMILES string of the molecule is CC(C)N(C)S(=O)(=O)c1ccc(C(=O)N2CCCC(N)C2)cc1. The van der Waals surface area contributed by atoms with Crippen LogP contribution in [-0.2, 0) is 10.0 Å². The van der Waals surface area contributed by atoms with Crippen molar-refractivity contribution in [1.29, 1.82) is 0 Å². The van der Waals surface area contributed by atoms with E-state index in [0.717, 1.165) is 12.8 Å². The van der Waals surface area contributed by atoms with E-state index in [-0.39, 0.29) is 22.9 Å². The molecular weight excluding hydrogens is 314 g/mol. The second-order valence-corrected chi connectivity index (χ2v) is 8.29. The Balaban J connectivity index is 2.18. The van der Waals surface area contributed by atoms with Crippen molar-refractivity contribution in [3.8, 4) is 0 Å². The van der Waals surface area contributed by atoms with Gasteiger partial charge >= 0.3 is 0 Å². The third-order valence-electron chi connectivity index (χ3n) is 4.25. The Kier molecular flexibility index (Phi) is 5.44. The van der Waals surface area contributed by atoms with Crippen LogP contribution in [0.4, 0.5) is 0 Å². The highest BCUT2D eigenvalue weighted by Gasteiger charge is 2.25. The summed E-state index contributed by atoms with van der Waals surface area (Å²) in [6, 6.07) is 6.02. The number of rotatable bonds is 4. The molecule has 0 aromatic heterocycles. The van der Waals surface area contributed by atoms with Crippen LogP contribution in [-0.4, -0.2) is 55.8 Å². The maximum Gasteiger partial charge on any atom is 0.253 e. The zero-order valence-corrected chi connectivity index (χ0v) is 14.7. The van der Waals surface area contributed by atoms with Gasteiger partial charge < -0.3 is 10.6 Å². The molecular formula is C16H25N3O3S. The number of nitrogens with zero attached hydrogens (tertiary/aromatic N) is 2. The Bertz CT molecular complexity index is 656. The molecule has 7 heteroatoms. The lowest BCUT2D eigenvalue weighted by Crippen LogP contribution is -2.45. The monoisotopic (exact) mass is 339 g/mol. The van der Waals surface area contributed by atoms with Crippen LogP contribution in [0.5, 0.6) is 0 Å².